The van der Waals surface area contributed by atoms with Crippen molar-refractivity contribution in [3.63, 3.8) is 0 Å². The molecule has 1 heterocycles. The minimum atomic E-state index is -0.428. The van der Waals surface area contributed by atoms with E-state index in [1.807, 2.05) is 6.07 Å². The lowest BCUT2D eigenvalue weighted by Crippen LogP contribution is -2.14. The maximum atomic E-state index is 14.1. The zero-order valence-electron chi connectivity index (χ0n) is 16.2. The van der Waals surface area contributed by atoms with Crippen molar-refractivity contribution >= 4 is 17.4 Å². The van der Waals surface area contributed by atoms with Gasteiger partial charge in [-0.05, 0) is 31.2 Å². The van der Waals surface area contributed by atoms with Crippen molar-refractivity contribution in [3.8, 4) is 5.69 Å². The fourth-order valence-electron chi connectivity index (χ4n) is 3.19. The Balaban J connectivity index is 1.57. The molecule has 0 unspecified atom stereocenters. The Morgan fingerprint density at radius 2 is 1.60 bits per heavy atom. The van der Waals surface area contributed by atoms with Crippen LogP contribution in [0.3, 0.4) is 0 Å². The molecule has 0 radical (unpaired) electrons. The van der Waals surface area contributed by atoms with Gasteiger partial charge in [0, 0.05) is 16.8 Å². The zero-order valence-corrected chi connectivity index (χ0v) is 16.2. The lowest BCUT2D eigenvalue weighted by atomic mass is 10.0. The summed E-state index contributed by atoms with van der Waals surface area (Å²) in [5.74, 6) is -0.947. The van der Waals surface area contributed by atoms with Gasteiger partial charge in [0.25, 0.3) is 5.91 Å². The Bertz CT molecular complexity index is 1230. The summed E-state index contributed by atoms with van der Waals surface area (Å²) in [5, 5.41) is 6.94. The molecule has 0 aliphatic rings. The van der Waals surface area contributed by atoms with Gasteiger partial charge in [-0.15, -0.1) is 0 Å². The van der Waals surface area contributed by atoms with E-state index in [1.54, 1.807) is 73.7 Å². The number of amides is 1. The van der Waals surface area contributed by atoms with Crippen LogP contribution in [0.4, 0.5) is 10.1 Å². The van der Waals surface area contributed by atoms with E-state index in [0.29, 0.717) is 28.1 Å². The highest BCUT2D eigenvalue weighted by Gasteiger charge is 2.17. The van der Waals surface area contributed by atoms with Crippen LogP contribution in [0.15, 0.2) is 85.1 Å². The van der Waals surface area contributed by atoms with Gasteiger partial charge in [0.15, 0.2) is 5.78 Å². The first-order chi connectivity index (χ1) is 14.5. The van der Waals surface area contributed by atoms with Gasteiger partial charge in [0.1, 0.15) is 11.5 Å². The maximum Gasteiger partial charge on any atom is 0.259 e. The fraction of sp³-hybridized carbons (Fsp3) is 0.0417. The number of halogens is 1. The molecule has 30 heavy (non-hydrogen) atoms. The quantitative estimate of drug-likeness (QED) is 0.490. The Morgan fingerprint density at radius 3 is 2.37 bits per heavy atom. The fourth-order valence-corrected chi connectivity index (χ4v) is 3.19. The topological polar surface area (TPSA) is 64.0 Å². The Kier molecular flexibility index (Phi) is 5.22. The lowest BCUT2D eigenvalue weighted by Gasteiger charge is -2.08. The number of hydrogen-bond donors (Lipinski definition) is 1. The molecular formula is C24H18FN3O2. The molecule has 1 amide bonds. The molecule has 148 valence electrons. The smallest absolute Gasteiger partial charge is 0.259 e. The molecule has 1 aromatic heterocycles. The number of rotatable bonds is 5. The molecule has 0 spiro atoms. The monoisotopic (exact) mass is 399 g/mol. The van der Waals surface area contributed by atoms with Crippen LogP contribution in [0.1, 0.15) is 32.0 Å². The first-order valence-electron chi connectivity index (χ1n) is 9.35. The average Bonchev–Trinajstić information content (AvgIpc) is 3.15. The summed E-state index contributed by atoms with van der Waals surface area (Å²) in [6, 6.07) is 21.9. The van der Waals surface area contributed by atoms with Crippen LogP contribution in [0.25, 0.3) is 5.69 Å². The van der Waals surface area contributed by atoms with Gasteiger partial charge >= 0.3 is 0 Å². The summed E-state index contributed by atoms with van der Waals surface area (Å²) < 4.78 is 15.5. The number of benzene rings is 3. The van der Waals surface area contributed by atoms with Gasteiger partial charge in [0.2, 0.25) is 0 Å². The predicted octanol–water partition coefficient (Wildman–Crippen LogP) is 4.80. The van der Waals surface area contributed by atoms with Gasteiger partial charge in [-0.1, -0.05) is 54.6 Å². The number of hydrogen-bond acceptors (Lipinski definition) is 3. The number of aromatic nitrogens is 2. The van der Waals surface area contributed by atoms with E-state index >= 15 is 0 Å². The standard InChI is InChI=1S/C24H18FN3O2/c1-16-20(15-26-28(16)22-13-6-5-12-21(22)25)24(30)27-19-11-7-10-18(14-19)23(29)17-8-3-2-4-9-17/h2-15H,1H3,(H,27,30). The average molecular weight is 399 g/mol. The summed E-state index contributed by atoms with van der Waals surface area (Å²) in [5.41, 5.74) is 2.62. The number of carbonyl (C=O) groups excluding carboxylic acids is 2. The molecule has 1 N–H and O–H groups in total. The number of nitrogens with one attached hydrogen (secondary N) is 1. The van der Waals surface area contributed by atoms with Crippen molar-refractivity contribution in [1.29, 1.82) is 0 Å². The van der Waals surface area contributed by atoms with Crippen LogP contribution in [0, 0.1) is 12.7 Å². The molecule has 0 saturated carbocycles. The van der Waals surface area contributed by atoms with Gasteiger partial charge in [-0.2, -0.15) is 5.10 Å². The molecule has 4 rings (SSSR count). The molecule has 0 bridgehead atoms. The summed E-state index contributed by atoms with van der Waals surface area (Å²) in [6.45, 7) is 1.70. The molecular weight excluding hydrogens is 381 g/mol. The number of anilines is 1. The summed E-state index contributed by atoms with van der Waals surface area (Å²) in [6.07, 6.45) is 1.40. The second-order valence-electron chi connectivity index (χ2n) is 6.74. The summed E-state index contributed by atoms with van der Waals surface area (Å²) >= 11 is 0. The van der Waals surface area contributed by atoms with Crippen molar-refractivity contribution < 1.29 is 14.0 Å². The van der Waals surface area contributed by atoms with Crippen molar-refractivity contribution in [2.45, 2.75) is 6.92 Å². The number of nitrogens with zero attached hydrogens (tertiary/aromatic N) is 2. The van der Waals surface area contributed by atoms with E-state index in [2.05, 4.69) is 10.4 Å². The normalized spacial score (nSPS) is 10.6. The van der Waals surface area contributed by atoms with E-state index < -0.39 is 5.82 Å². The highest BCUT2D eigenvalue weighted by Crippen LogP contribution is 2.19. The van der Waals surface area contributed by atoms with Gasteiger partial charge in [0.05, 0.1) is 17.5 Å². The Labute approximate surface area is 172 Å². The summed E-state index contributed by atoms with van der Waals surface area (Å²) in [4.78, 5) is 25.4. The highest BCUT2D eigenvalue weighted by atomic mass is 19.1. The molecule has 5 nitrogen and oxygen atoms in total. The largest absolute Gasteiger partial charge is 0.322 e. The van der Waals surface area contributed by atoms with Crippen molar-refractivity contribution in [2.24, 2.45) is 0 Å². The third-order valence-electron chi connectivity index (χ3n) is 4.75. The number of ketones is 1. The van der Waals surface area contributed by atoms with E-state index in [-0.39, 0.29) is 17.4 Å². The van der Waals surface area contributed by atoms with E-state index in [4.69, 9.17) is 0 Å². The molecule has 0 saturated heterocycles. The van der Waals surface area contributed by atoms with Crippen LogP contribution >= 0.6 is 0 Å². The zero-order chi connectivity index (χ0) is 21.1. The SMILES string of the molecule is Cc1c(C(=O)Nc2cccc(C(=O)c3ccccc3)c2)cnn1-c1ccccc1F. The van der Waals surface area contributed by atoms with Crippen LogP contribution in [0.5, 0.6) is 0 Å². The van der Waals surface area contributed by atoms with Crippen molar-refractivity contribution in [3.05, 3.63) is 113 Å². The summed E-state index contributed by atoms with van der Waals surface area (Å²) in [7, 11) is 0. The van der Waals surface area contributed by atoms with E-state index in [1.165, 1.54) is 16.9 Å². The molecule has 6 heteroatoms. The second kappa shape index (κ2) is 8.13. The Morgan fingerprint density at radius 1 is 0.900 bits per heavy atom. The maximum absolute atomic E-state index is 14.1. The van der Waals surface area contributed by atoms with E-state index in [9.17, 15) is 14.0 Å². The van der Waals surface area contributed by atoms with Crippen LogP contribution < -0.4 is 5.32 Å². The lowest BCUT2D eigenvalue weighted by molar-refractivity contribution is 0.102. The minimum Gasteiger partial charge on any atom is -0.322 e. The van der Waals surface area contributed by atoms with E-state index in [0.717, 1.165) is 0 Å². The van der Waals surface area contributed by atoms with Crippen LogP contribution in [-0.4, -0.2) is 21.5 Å². The van der Waals surface area contributed by atoms with Crippen molar-refractivity contribution in [2.75, 3.05) is 5.32 Å². The predicted molar refractivity (Wildman–Crippen MR) is 113 cm³/mol. The van der Waals surface area contributed by atoms with Crippen LogP contribution in [-0.2, 0) is 0 Å². The highest BCUT2D eigenvalue weighted by molar-refractivity contribution is 6.10. The van der Waals surface area contributed by atoms with Crippen LogP contribution in [0.2, 0.25) is 0 Å². The first-order valence-corrected chi connectivity index (χ1v) is 9.35. The molecule has 0 fully saturated rings. The molecule has 0 aliphatic heterocycles. The van der Waals surface area contributed by atoms with Gasteiger partial charge in [-0.3, -0.25) is 9.59 Å². The molecule has 0 aliphatic carbocycles. The first kappa shape index (κ1) is 19.3. The molecule has 0 atom stereocenters. The van der Waals surface area contributed by atoms with Crippen molar-refractivity contribution in [1.82, 2.24) is 9.78 Å². The third-order valence-corrected chi connectivity index (χ3v) is 4.75. The Hall–Kier alpha value is -4.06. The molecule has 3 aromatic carbocycles. The second-order valence-corrected chi connectivity index (χ2v) is 6.74. The number of carbonyl (C=O) groups is 2. The van der Waals surface area contributed by atoms with Gasteiger partial charge in [-0.25, -0.2) is 9.07 Å². The van der Waals surface area contributed by atoms with Gasteiger partial charge < -0.3 is 5.32 Å². The minimum absolute atomic E-state index is 0.129. The number of para-hydroxylation sites is 1. The third kappa shape index (κ3) is 3.75. The molecule has 4 aromatic rings.